The third kappa shape index (κ3) is 6.74. The molecule has 4 aromatic rings. The normalized spacial score (nSPS) is 11.0. The minimum Gasteiger partial charge on any atom is -0.433 e. The van der Waals surface area contributed by atoms with Crippen molar-refractivity contribution in [3.05, 3.63) is 66.8 Å². The number of fused-ring (bicyclic) bond motifs is 1. The van der Waals surface area contributed by atoms with Crippen molar-refractivity contribution in [2.45, 2.75) is 6.61 Å². The van der Waals surface area contributed by atoms with E-state index in [4.69, 9.17) is 4.74 Å². The highest BCUT2D eigenvalue weighted by atomic mass is 19.3. The molecule has 2 aromatic heterocycles. The second-order valence-corrected chi connectivity index (χ2v) is 9.27. The molecule has 41 heavy (non-hydrogen) atoms. The van der Waals surface area contributed by atoms with Crippen LogP contribution in [-0.2, 0) is 4.79 Å². The Hall–Kier alpha value is -5.09. The van der Waals surface area contributed by atoms with E-state index in [-0.39, 0.29) is 28.6 Å². The third-order valence-electron chi connectivity index (χ3n) is 6.10. The number of alkyl halides is 2. The SMILES string of the molecule is C=C(F)C(=O)Nc1cc(Nc2ncc(C#N)c(-c3c[nH]c4ccccc34)n2)c(OC(F)F)cc1N(C)CCN(C)C. The summed E-state index contributed by atoms with van der Waals surface area (Å²) < 4.78 is 45.3. The Morgan fingerprint density at radius 3 is 2.63 bits per heavy atom. The molecule has 10 nitrogen and oxygen atoms in total. The van der Waals surface area contributed by atoms with Crippen molar-refractivity contribution in [3.63, 3.8) is 0 Å². The highest BCUT2D eigenvalue weighted by Crippen LogP contribution is 2.39. The van der Waals surface area contributed by atoms with Gasteiger partial charge >= 0.3 is 6.61 Å². The molecule has 0 saturated carbocycles. The van der Waals surface area contributed by atoms with Gasteiger partial charge in [-0.25, -0.2) is 14.4 Å². The number of halogens is 3. The summed E-state index contributed by atoms with van der Waals surface area (Å²) in [4.78, 5) is 27.6. The molecule has 0 fully saturated rings. The fraction of sp³-hybridized carbons (Fsp3) is 0.214. The van der Waals surface area contributed by atoms with E-state index in [1.807, 2.05) is 43.3 Å². The van der Waals surface area contributed by atoms with Gasteiger partial charge < -0.3 is 30.2 Å². The molecule has 0 spiro atoms. The first-order valence-electron chi connectivity index (χ1n) is 12.3. The molecule has 4 rings (SSSR count). The Morgan fingerprint density at radius 1 is 1.20 bits per heavy atom. The standard InChI is InChI=1S/C28H27F3N8O2/c1-16(29)26(40)35-21-11-22(24(41-27(30)31)12-23(21)39(4)10-9-38(2)3)36-28-34-14-17(13-32)25(37-28)19-15-33-20-8-6-5-7-18(19)20/h5-8,11-12,14-15,27,33H,1,9-10H2,2-4H3,(H,35,40)(H,34,36,37). The van der Waals surface area contributed by atoms with Gasteiger partial charge in [0.1, 0.15) is 6.07 Å². The van der Waals surface area contributed by atoms with Crippen LogP contribution in [0.25, 0.3) is 22.2 Å². The molecule has 0 aliphatic rings. The zero-order valence-electron chi connectivity index (χ0n) is 22.5. The van der Waals surface area contributed by atoms with E-state index in [1.54, 1.807) is 18.1 Å². The molecular weight excluding hydrogens is 537 g/mol. The van der Waals surface area contributed by atoms with Gasteiger partial charge in [0.15, 0.2) is 11.6 Å². The number of nitrogens with one attached hydrogen (secondary N) is 3. The number of likely N-dealkylation sites (N-methyl/N-ethyl adjacent to an activating group) is 2. The Labute approximate surface area is 234 Å². The summed E-state index contributed by atoms with van der Waals surface area (Å²) in [5.74, 6) is -2.64. The number of para-hydroxylation sites is 1. The summed E-state index contributed by atoms with van der Waals surface area (Å²) >= 11 is 0. The van der Waals surface area contributed by atoms with Crippen molar-refractivity contribution in [2.24, 2.45) is 0 Å². The van der Waals surface area contributed by atoms with Crippen LogP contribution < -0.4 is 20.3 Å². The highest BCUT2D eigenvalue weighted by Gasteiger charge is 2.21. The predicted molar refractivity (Wildman–Crippen MR) is 151 cm³/mol. The number of hydrogen-bond donors (Lipinski definition) is 3. The molecule has 0 aliphatic heterocycles. The summed E-state index contributed by atoms with van der Waals surface area (Å²) in [5.41, 5.74) is 2.32. The number of nitriles is 1. The predicted octanol–water partition coefficient (Wildman–Crippen LogP) is 5.26. The first-order chi connectivity index (χ1) is 19.6. The molecule has 0 radical (unpaired) electrons. The Bertz CT molecular complexity index is 1630. The number of aromatic nitrogens is 3. The van der Waals surface area contributed by atoms with Crippen LogP contribution in [0.1, 0.15) is 5.56 Å². The molecule has 212 valence electrons. The fourth-order valence-corrected chi connectivity index (χ4v) is 4.05. The molecule has 0 unspecified atom stereocenters. The topological polar surface area (TPSA) is 122 Å². The molecule has 0 bridgehead atoms. The van der Waals surface area contributed by atoms with Crippen molar-refractivity contribution < 1.29 is 22.7 Å². The van der Waals surface area contributed by atoms with Crippen molar-refractivity contribution in [1.82, 2.24) is 19.9 Å². The molecular formula is C28H27F3N8O2. The fourth-order valence-electron chi connectivity index (χ4n) is 4.05. The quantitative estimate of drug-likeness (QED) is 0.211. The van der Waals surface area contributed by atoms with Crippen LogP contribution >= 0.6 is 0 Å². The number of aromatic amines is 1. The monoisotopic (exact) mass is 564 g/mol. The van der Waals surface area contributed by atoms with Gasteiger partial charge in [0.25, 0.3) is 5.91 Å². The first-order valence-corrected chi connectivity index (χ1v) is 12.3. The minimum absolute atomic E-state index is 0.0376. The number of carbonyl (C=O) groups excluding carboxylic acids is 1. The van der Waals surface area contributed by atoms with E-state index in [2.05, 4.69) is 38.2 Å². The van der Waals surface area contributed by atoms with Gasteiger partial charge in [0.05, 0.1) is 34.5 Å². The van der Waals surface area contributed by atoms with Gasteiger partial charge in [-0.05, 0) is 26.2 Å². The summed E-state index contributed by atoms with van der Waals surface area (Å²) in [5, 5.41) is 15.8. The minimum atomic E-state index is -3.18. The average Bonchev–Trinajstić information content (AvgIpc) is 3.36. The summed E-state index contributed by atoms with van der Waals surface area (Å²) in [6, 6.07) is 12.1. The smallest absolute Gasteiger partial charge is 0.387 e. The molecule has 0 atom stereocenters. The maximum Gasteiger partial charge on any atom is 0.387 e. The van der Waals surface area contributed by atoms with E-state index in [0.717, 1.165) is 10.9 Å². The van der Waals surface area contributed by atoms with Gasteiger partial charge in [-0.1, -0.05) is 24.8 Å². The second-order valence-electron chi connectivity index (χ2n) is 9.27. The summed E-state index contributed by atoms with van der Waals surface area (Å²) in [6.45, 7) is 0.883. The van der Waals surface area contributed by atoms with Crippen molar-refractivity contribution in [2.75, 3.05) is 49.8 Å². The zero-order chi connectivity index (χ0) is 29.7. The largest absolute Gasteiger partial charge is 0.433 e. The van der Waals surface area contributed by atoms with E-state index in [0.29, 0.717) is 30.0 Å². The number of H-pyrrole nitrogens is 1. The van der Waals surface area contributed by atoms with Gasteiger partial charge in [0.2, 0.25) is 5.95 Å². The number of carbonyl (C=O) groups is 1. The number of amides is 1. The van der Waals surface area contributed by atoms with E-state index in [1.165, 1.54) is 18.3 Å². The van der Waals surface area contributed by atoms with Gasteiger partial charge in [0, 0.05) is 48.9 Å². The number of anilines is 4. The van der Waals surface area contributed by atoms with Crippen LogP contribution in [-0.4, -0.2) is 66.6 Å². The zero-order valence-corrected chi connectivity index (χ0v) is 22.5. The van der Waals surface area contributed by atoms with Crippen molar-refractivity contribution in [3.8, 4) is 23.1 Å². The number of hydrogen-bond acceptors (Lipinski definition) is 8. The lowest BCUT2D eigenvalue weighted by atomic mass is 10.1. The third-order valence-corrected chi connectivity index (χ3v) is 6.10. The molecule has 2 aromatic carbocycles. The van der Waals surface area contributed by atoms with Crippen LogP contribution in [0, 0.1) is 11.3 Å². The van der Waals surface area contributed by atoms with Crippen molar-refractivity contribution >= 4 is 39.8 Å². The van der Waals surface area contributed by atoms with Crippen LogP contribution in [0.2, 0.25) is 0 Å². The van der Waals surface area contributed by atoms with Crippen LogP contribution in [0.5, 0.6) is 5.75 Å². The van der Waals surface area contributed by atoms with E-state index in [9.17, 15) is 23.2 Å². The van der Waals surface area contributed by atoms with E-state index < -0.39 is 18.3 Å². The first kappa shape index (κ1) is 28.9. The lowest BCUT2D eigenvalue weighted by Gasteiger charge is -2.26. The summed E-state index contributed by atoms with van der Waals surface area (Å²) in [6.07, 6.45) is 3.01. The molecule has 2 heterocycles. The Kier molecular flexibility index (Phi) is 8.74. The van der Waals surface area contributed by atoms with Gasteiger partial charge in [-0.2, -0.15) is 14.0 Å². The number of benzene rings is 2. The maximum atomic E-state index is 13.6. The number of rotatable bonds is 11. The average molecular weight is 565 g/mol. The second kappa shape index (κ2) is 12.4. The lowest BCUT2D eigenvalue weighted by molar-refractivity contribution is -0.114. The van der Waals surface area contributed by atoms with E-state index >= 15 is 0 Å². The number of ether oxygens (including phenoxy) is 1. The van der Waals surface area contributed by atoms with Crippen LogP contribution in [0.15, 0.2) is 61.2 Å². The van der Waals surface area contributed by atoms with Crippen molar-refractivity contribution in [1.29, 1.82) is 5.26 Å². The Morgan fingerprint density at radius 2 is 1.95 bits per heavy atom. The van der Waals surface area contributed by atoms with Gasteiger partial charge in [-0.3, -0.25) is 4.79 Å². The molecule has 1 amide bonds. The maximum absolute atomic E-state index is 13.6. The molecule has 0 saturated heterocycles. The molecule has 3 N–H and O–H groups in total. The number of nitrogens with zero attached hydrogens (tertiary/aromatic N) is 5. The molecule has 13 heteroatoms. The Balaban J connectivity index is 1.80. The highest BCUT2D eigenvalue weighted by molar-refractivity contribution is 6.04. The lowest BCUT2D eigenvalue weighted by Crippen LogP contribution is -2.29. The van der Waals surface area contributed by atoms with Gasteiger partial charge in [-0.15, -0.1) is 0 Å². The van der Waals surface area contributed by atoms with Crippen LogP contribution in [0.4, 0.5) is 36.2 Å². The van der Waals surface area contributed by atoms with Crippen LogP contribution in [0.3, 0.4) is 0 Å². The molecule has 0 aliphatic carbocycles. The summed E-state index contributed by atoms with van der Waals surface area (Å²) in [7, 11) is 5.42.